The van der Waals surface area contributed by atoms with Crippen molar-refractivity contribution in [1.29, 1.82) is 10.5 Å². The van der Waals surface area contributed by atoms with Gasteiger partial charge in [0.25, 0.3) is 0 Å². The molecule has 0 spiro atoms. The summed E-state index contributed by atoms with van der Waals surface area (Å²) in [6, 6.07) is 2.76. The van der Waals surface area contributed by atoms with Crippen molar-refractivity contribution in [1.82, 2.24) is 0 Å². The van der Waals surface area contributed by atoms with Crippen LogP contribution in [0.5, 0.6) is 0 Å². The van der Waals surface area contributed by atoms with E-state index in [4.69, 9.17) is 10.5 Å². The molecule has 0 aliphatic heterocycles. The zero-order valence-corrected chi connectivity index (χ0v) is 6.50. The molecule has 0 unspecified atom stereocenters. The Bertz CT molecular complexity index is 303. The van der Waals surface area contributed by atoms with E-state index in [-0.39, 0.29) is 5.75 Å². The van der Waals surface area contributed by atoms with Crippen molar-refractivity contribution < 1.29 is 8.42 Å². The Kier molecular flexibility index (Phi) is 3.29. The molecule has 0 aromatic carbocycles. The predicted octanol–water partition coefficient (Wildman–Crippen LogP) is 0.00296. The number of nitriles is 2. The van der Waals surface area contributed by atoms with E-state index in [1.807, 2.05) is 0 Å². The van der Waals surface area contributed by atoms with Gasteiger partial charge in [-0.15, -0.1) is 6.58 Å². The molecule has 0 rings (SSSR count). The molecule has 0 amide bonds. The summed E-state index contributed by atoms with van der Waals surface area (Å²) in [5.74, 6) is -0.335. The van der Waals surface area contributed by atoms with Crippen LogP contribution in [0.15, 0.2) is 12.7 Å². The minimum Gasteiger partial charge on any atom is -0.226 e. The van der Waals surface area contributed by atoms with Crippen molar-refractivity contribution >= 4 is 9.84 Å². The maximum absolute atomic E-state index is 10.9. The average molecular weight is 170 g/mol. The summed E-state index contributed by atoms with van der Waals surface area (Å²) < 4.78 is 21.8. The van der Waals surface area contributed by atoms with Gasteiger partial charge >= 0.3 is 0 Å². The van der Waals surface area contributed by atoms with Crippen LogP contribution in [-0.4, -0.2) is 19.4 Å². The van der Waals surface area contributed by atoms with Gasteiger partial charge in [0.1, 0.15) is 0 Å². The monoisotopic (exact) mass is 170 g/mol. The fourth-order valence-corrected chi connectivity index (χ4v) is 1.29. The molecule has 0 saturated carbocycles. The standard InChI is InChI=1S/C6H6N2O2S/c1-2-3-11(9,10)6(4-7)5-8/h2,6H,1,3H2. The van der Waals surface area contributed by atoms with Crippen LogP contribution >= 0.6 is 0 Å². The summed E-state index contributed by atoms with van der Waals surface area (Å²) in [5.41, 5.74) is 0. The summed E-state index contributed by atoms with van der Waals surface area (Å²) in [6.45, 7) is 3.20. The Hall–Kier alpha value is -1.33. The predicted molar refractivity (Wildman–Crippen MR) is 39.0 cm³/mol. The van der Waals surface area contributed by atoms with E-state index in [0.29, 0.717) is 0 Å². The van der Waals surface area contributed by atoms with Crippen molar-refractivity contribution in [2.75, 3.05) is 5.75 Å². The van der Waals surface area contributed by atoms with E-state index in [1.165, 1.54) is 12.1 Å². The third-order valence-electron chi connectivity index (χ3n) is 0.944. The summed E-state index contributed by atoms with van der Waals surface area (Å²) in [4.78, 5) is 0. The second-order valence-corrected chi connectivity index (χ2v) is 3.89. The van der Waals surface area contributed by atoms with E-state index in [1.54, 1.807) is 0 Å². The molecule has 0 aliphatic rings. The van der Waals surface area contributed by atoms with Crippen molar-refractivity contribution in [2.24, 2.45) is 0 Å². The molecule has 11 heavy (non-hydrogen) atoms. The Morgan fingerprint density at radius 3 is 2.18 bits per heavy atom. The summed E-state index contributed by atoms with van der Waals surface area (Å²) in [5, 5.41) is 14.8. The van der Waals surface area contributed by atoms with E-state index in [9.17, 15) is 8.42 Å². The lowest BCUT2D eigenvalue weighted by molar-refractivity contribution is 0.598. The lowest BCUT2D eigenvalue weighted by Crippen LogP contribution is -2.19. The van der Waals surface area contributed by atoms with Crippen LogP contribution in [0.3, 0.4) is 0 Å². The van der Waals surface area contributed by atoms with E-state index in [0.717, 1.165) is 6.08 Å². The molecule has 0 aromatic rings. The highest BCUT2D eigenvalue weighted by Crippen LogP contribution is 1.99. The molecular weight excluding hydrogens is 164 g/mol. The lowest BCUT2D eigenvalue weighted by atomic mass is 10.5. The second-order valence-electron chi connectivity index (χ2n) is 1.76. The average Bonchev–Trinajstić information content (AvgIpc) is 1.89. The molecule has 4 nitrogen and oxygen atoms in total. The highest BCUT2D eigenvalue weighted by molar-refractivity contribution is 7.92. The molecule has 0 saturated heterocycles. The third kappa shape index (κ3) is 2.40. The Morgan fingerprint density at radius 1 is 1.45 bits per heavy atom. The van der Waals surface area contributed by atoms with Crippen molar-refractivity contribution in [3.63, 3.8) is 0 Å². The maximum atomic E-state index is 10.9. The summed E-state index contributed by atoms with van der Waals surface area (Å²) >= 11 is 0. The molecule has 0 aliphatic carbocycles. The summed E-state index contributed by atoms with van der Waals surface area (Å²) in [6.07, 6.45) is 1.15. The quantitative estimate of drug-likeness (QED) is 0.558. The zero-order valence-electron chi connectivity index (χ0n) is 5.69. The third-order valence-corrected chi connectivity index (χ3v) is 2.57. The molecule has 0 heterocycles. The van der Waals surface area contributed by atoms with Gasteiger partial charge in [0.2, 0.25) is 5.25 Å². The number of hydrogen-bond acceptors (Lipinski definition) is 4. The van der Waals surface area contributed by atoms with Crippen molar-refractivity contribution in [2.45, 2.75) is 5.25 Å². The van der Waals surface area contributed by atoms with Crippen molar-refractivity contribution in [3.05, 3.63) is 12.7 Å². The van der Waals surface area contributed by atoms with Crippen LogP contribution in [0, 0.1) is 22.7 Å². The Labute approximate surface area is 65.3 Å². The van der Waals surface area contributed by atoms with Crippen LogP contribution in [0.4, 0.5) is 0 Å². The normalized spacial score (nSPS) is 10.1. The molecule has 0 aromatic heterocycles. The van der Waals surface area contributed by atoms with Gasteiger partial charge < -0.3 is 0 Å². The molecule has 0 bridgehead atoms. The van der Waals surface area contributed by atoms with Crippen LogP contribution in [-0.2, 0) is 9.84 Å². The molecule has 0 atom stereocenters. The van der Waals surface area contributed by atoms with Gasteiger partial charge in [-0.05, 0) is 0 Å². The van der Waals surface area contributed by atoms with Gasteiger partial charge in [-0.25, -0.2) is 8.42 Å². The Morgan fingerprint density at radius 2 is 1.91 bits per heavy atom. The van der Waals surface area contributed by atoms with E-state index in [2.05, 4.69) is 6.58 Å². The SMILES string of the molecule is C=CCS(=O)(=O)C(C#N)C#N. The highest BCUT2D eigenvalue weighted by Gasteiger charge is 2.22. The Balaban J connectivity index is 4.74. The van der Waals surface area contributed by atoms with Gasteiger partial charge in [0, 0.05) is 0 Å². The van der Waals surface area contributed by atoms with Crippen LogP contribution < -0.4 is 0 Å². The topological polar surface area (TPSA) is 81.7 Å². The van der Waals surface area contributed by atoms with Crippen LogP contribution in [0.2, 0.25) is 0 Å². The number of rotatable bonds is 3. The van der Waals surface area contributed by atoms with Crippen LogP contribution in [0.25, 0.3) is 0 Å². The first-order chi connectivity index (χ1) is 5.08. The molecule has 5 heteroatoms. The highest BCUT2D eigenvalue weighted by atomic mass is 32.2. The zero-order chi connectivity index (χ0) is 8.91. The molecule has 0 fully saturated rings. The summed E-state index contributed by atoms with van der Waals surface area (Å²) in [7, 11) is -3.61. The van der Waals surface area contributed by atoms with Crippen LogP contribution in [0.1, 0.15) is 0 Å². The fraction of sp³-hybridized carbons (Fsp3) is 0.333. The second kappa shape index (κ2) is 3.75. The maximum Gasteiger partial charge on any atom is 0.233 e. The minimum absolute atomic E-state index is 0.335. The van der Waals surface area contributed by atoms with Gasteiger partial charge in [-0.3, -0.25) is 0 Å². The molecule has 0 radical (unpaired) electrons. The van der Waals surface area contributed by atoms with Gasteiger partial charge in [-0.2, -0.15) is 10.5 Å². The first-order valence-corrected chi connectivity index (χ1v) is 4.41. The smallest absolute Gasteiger partial charge is 0.226 e. The van der Waals surface area contributed by atoms with Gasteiger partial charge in [-0.1, -0.05) is 6.08 Å². The van der Waals surface area contributed by atoms with Gasteiger partial charge in [0.15, 0.2) is 9.84 Å². The number of nitrogens with zero attached hydrogens (tertiary/aromatic N) is 2. The largest absolute Gasteiger partial charge is 0.233 e. The molecular formula is C6H6N2O2S. The fourth-order valence-electron chi connectivity index (χ4n) is 0.450. The minimum atomic E-state index is -3.61. The van der Waals surface area contributed by atoms with E-state index >= 15 is 0 Å². The molecule has 0 N–H and O–H groups in total. The number of hydrogen-bond donors (Lipinski definition) is 0. The lowest BCUT2D eigenvalue weighted by Gasteiger charge is -1.97. The number of sulfone groups is 1. The van der Waals surface area contributed by atoms with E-state index < -0.39 is 15.1 Å². The molecule has 58 valence electrons. The van der Waals surface area contributed by atoms with Crippen molar-refractivity contribution in [3.8, 4) is 12.1 Å². The van der Waals surface area contributed by atoms with Gasteiger partial charge in [0.05, 0.1) is 17.9 Å². The first-order valence-electron chi connectivity index (χ1n) is 2.70. The first kappa shape index (κ1) is 9.67.